The number of rotatable bonds is 3. The molecule has 0 spiro atoms. The summed E-state index contributed by atoms with van der Waals surface area (Å²) in [6, 6.07) is 5.55. The topological polar surface area (TPSA) is 12.0 Å². The SMILES string of the molecule is Cc1cc(F)ccc1CNC1CCC(Cl)CC1. The van der Waals surface area contributed by atoms with Crippen molar-refractivity contribution in [2.24, 2.45) is 0 Å². The zero-order chi connectivity index (χ0) is 12.3. The van der Waals surface area contributed by atoms with Crippen LogP contribution in [0.1, 0.15) is 36.8 Å². The Morgan fingerprint density at radius 1 is 1.29 bits per heavy atom. The molecule has 0 unspecified atom stereocenters. The Bertz CT molecular complexity index is 372. The molecular formula is C14H19ClFN. The molecule has 0 amide bonds. The van der Waals surface area contributed by atoms with Crippen molar-refractivity contribution < 1.29 is 4.39 Å². The maximum absolute atomic E-state index is 13.0. The Kier molecular flexibility index (Phi) is 4.41. The lowest BCUT2D eigenvalue weighted by molar-refractivity contribution is 0.376. The fourth-order valence-corrected chi connectivity index (χ4v) is 2.62. The fraction of sp³-hybridized carbons (Fsp3) is 0.571. The van der Waals surface area contributed by atoms with E-state index in [1.807, 2.05) is 13.0 Å². The highest BCUT2D eigenvalue weighted by Gasteiger charge is 2.18. The number of halogens is 2. The normalized spacial score (nSPS) is 24.9. The predicted molar refractivity (Wildman–Crippen MR) is 69.9 cm³/mol. The van der Waals surface area contributed by atoms with Gasteiger partial charge < -0.3 is 5.32 Å². The second-order valence-electron chi connectivity index (χ2n) is 4.90. The fourth-order valence-electron chi connectivity index (χ4n) is 2.37. The van der Waals surface area contributed by atoms with E-state index < -0.39 is 0 Å². The van der Waals surface area contributed by atoms with Crippen molar-refractivity contribution in [1.82, 2.24) is 5.32 Å². The van der Waals surface area contributed by atoms with Crippen molar-refractivity contribution in [3.05, 3.63) is 35.1 Å². The van der Waals surface area contributed by atoms with Crippen molar-refractivity contribution in [3.8, 4) is 0 Å². The predicted octanol–water partition coefficient (Wildman–Crippen LogP) is 3.77. The lowest BCUT2D eigenvalue weighted by Gasteiger charge is -2.26. The first kappa shape index (κ1) is 12.8. The number of hydrogen-bond donors (Lipinski definition) is 1. The molecule has 1 nitrogen and oxygen atoms in total. The van der Waals surface area contributed by atoms with E-state index >= 15 is 0 Å². The van der Waals surface area contributed by atoms with Crippen LogP contribution < -0.4 is 5.32 Å². The van der Waals surface area contributed by atoms with Crippen molar-refractivity contribution >= 4 is 11.6 Å². The molecule has 1 N–H and O–H groups in total. The first-order valence-corrected chi connectivity index (χ1v) is 6.71. The zero-order valence-electron chi connectivity index (χ0n) is 10.2. The molecule has 0 heterocycles. The van der Waals surface area contributed by atoms with Crippen LogP contribution in [-0.4, -0.2) is 11.4 Å². The van der Waals surface area contributed by atoms with E-state index in [1.54, 1.807) is 6.07 Å². The molecule has 1 aliphatic carbocycles. The molecule has 2 rings (SSSR count). The van der Waals surface area contributed by atoms with Crippen LogP contribution in [0.2, 0.25) is 0 Å². The Morgan fingerprint density at radius 3 is 2.65 bits per heavy atom. The second kappa shape index (κ2) is 5.83. The highest BCUT2D eigenvalue weighted by atomic mass is 35.5. The molecule has 94 valence electrons. The Morgan fingerprint density at radius 2 is 2.00 bits per heavy atom. The largest absolute Gasteiger partial charge is 0.310 e. The van der Waals surface area contributed by atoms with Crippen molar-refractivity contribution in [2.75, 3.05) is 0 Å². The summed E-state index contributed by atoms with van der Waals surface area (Å²) in [5, 5.41) is 3.90. The molecule has 0 radical (unpaired) electrons. The maximum Gasteiger partial charge on any atom is 0.123 e. The molecular weight excluding hydrogens is 237 g/mol. The van der Waals surface area contributed by atoms with Crippen LogP contribution in [0.5, 0.6) is 0 Å². The molecule has 0 bridgehead atoms. The van der Waals surface area contributed by atoms with Gasteiger partial charge >= 0.3 is 0 Å². The van der Waals surface area contributed by atoms with Crippen molar-refractivity contribution in [2.45, 2.75) is 50.6 Å². The van der Waals surface area contributed by atoms with Gasteiger partial charge in [0.1, 0.15) is 5.82 Å². The number of nitrogens with one attached hydrogen (secondary N) is 1. The van der Waals surface area contributed by atoms with Gasteiger partial charge in [-0.25, -0.2) is 4.39 Å². The van der Waals surface area contributed by atoms with Gasteiger partial charge in [0, 0.05) is 18.0 Å². The summed E-state index contributed by atoms with van der Waals surface area (Å²) in [6.07, 6.45) is 4.49. The summed E-state index contributed by atoms with van der Waals surface area (Å²) in [6.45, 7) is 2.78. The summed E-state index contributed by atoms with van der Waals surface area (Å²) in [4.78, 5) is 0. The first-order chi connectivity index (χ1) is 8.15. The molecule has 1 aromatic carbocycles. The van der Waals surface area contributed by atoms with Gasteiger partial charge in [-0.1, -0.05) is 6.07 Å². The summed E-state index contributed by atoms with van der Waals surface area (Å²) < 4.78 is 13.0. The summed E-state index contributed by atoms with van der Waals surface area (Å²) >= 11 is 6.07. The average molecular weight is 256 g/mol. The lowest BCUT2D eigenvalue weighted by atomic mass is 9.94. The standard InChI is InChI=1S/C14H19ClFN/c1-10-8-13(16)5-2-11(10)9-17-14-6-3-12(15)4-7-14/h2,5,8,12,14,17H,3-4,6-7,9H2,1H3. The maximum atomic E-state index is 13.0. The molecule has 1 saturated carbocycles. The van der Waals surface area contributed by atoms with E-state index in [2.05, 4.69) is 5.32 Å². The number of aryl methyl sites for hydroxylation is 1. The minimum absolute atomic E-state index is 0.158. The minimum Gasteiger partial charge on any atom is -0.310 e. The van der Waals surface area contributed by atoms with Gasteiger partial charge in [-0.3, -0.25) is 0 Å². The van der Waals surface area contributed by atoms with Crippen molar-refractivity contribution in [1.29, 1.82) is 0 Å². The molecule has 0 aliphatic heterocycles. The van der Waals surface area contributed by atoms with Crippen LogP contribution in [0.25, 0.3) is 0 Å². The highest BCUT2D eigenvalue weighted by molar-refractivity contribution is 6.20. The van der Waals surface area contributed by atoms with E-state index in [0.717, 1.165) is 37.8 Å². The molecule has 0 aromatic heterocycles. The number of benzene rings is 1. The van der Waals surface area contributed by atoms with Crippen LogP contribution in [0.3, 0.4) is 0 Å². The number of hydrogen-bond acceptors (Lipinski definition) is 1. The average Bonchev–Trinajstić information content (AvgIpc) is 2.30. The van der Waals surface area contributed by atoms with E-state index in [1.165, 1.54) is 11.6 Å². The minimum atomic E-state index is -0.158. The summed E-state index contributed by atoms with van der Waals surface area (Å²) in [5.74, 6) is -0.158. The summed E-state index contributed by atoms with van der Waals surface area (Å²) in [7, 11) is 0. The molecule has 1 aromatic rings. The van der Waals surface area contributed by atoms with Gasteiger partial charge in [-0.15, -0.1) is 11.6 Å². The van der Waals surface area contributed by atoms with E-state index in [0.29, 0.717) is 11.4 Å². The first-order valence-electron chi connectivity index (χ1n) is 6.27. The smallest absolute Gasteiger partial charge is 0.123 e. The second-order valence-corrected chi connectivity index (χ2v) is 5.52. The van der Waals surface area contributed by atoms with Gasteiger partial charge in [0.25, 0.3) is 0 Å². The van der Waals surface area contributed by atoms with E-state index in [9.17, 15) is 4.39 Å². The molecule has 1 aliphatic rings. The molecule has 1 fully saturated rings. The van der Waals surface area contributed by atoms with Crippen LogP contribution in [0.15, 0.2) is 18.2 Å². The van der Waals surface area contributed by atoms with Gasteiger partial charge in [-0.2, -0.15) is 0 Å². The van der Waals surface area contributed by atoms with Crippen LogP contribution in [-0.2, 0) is 6.54 Å². The van der Waals surface area contributed by atoms with Gasteiger partial charge in [0.2, 0.25) is 0 Å². The number of alkyl halides is 1. The zero-order valence-corrected chi connectivity index (χ0v) is 10.9. The third-order valence-electron chi connectivity index (χ3n) is 3.54. The Labute approximate surface area is 107 Å². The van der Waals surface area contributed by atoms with Crippen LogP contribution >= 0.6 is 11.6 Å². The van der Waals surface area contributed by atoms with E-state index in [4.69, 9.17) is 11.6 Å². The quantitative estimate of drug-likeness (QED) is 0.811. The highest BCUT2D eigenvalue weighted by Crippen LogP contribution is 2.23. The van der Waals surface area contributed by atoms with Crippen molar-refractivity contribution in [3.63, 3.8) is 0 Å². The Hall–Kier alpha value is -0.600. The van der Waals surface area contributed by atoms with Crippen LogP contribution in [0.4, 0.5) is 4.39 Å². The third-order valence-corrected chi connectivity index (χ3v) is 3.98. The van der Waals surface area contributed by atoms with Gasteiger partial charge in [-0.05, 0) is 55.9 Å². The molecule has 17 heavy (non-hydrogen) atoms. The lowest BCUT2D eigenvalue weighted by Crippen LogP contribution is -2.33. The van der Waals surface area contributed by atoms with Gasteiger partial charge in [0.15, 0.2) is 0 Å². The van der Waals surface area contributed by atoms with Crippen LogP contribution in [0, 0.1) is 12.7 Å². The Balaban J connectivity index is 1.85. The third kappa shape index (κ3) is 3.68. The summed E-state index contributed by atoms with van der Waals surface area (Å²) in [5.41, 5.74) is 2.20. The monoisotopic (exact) mass is 255 g/mol. The molecule has 0 atom stereocenters. The van der Waals surface area contributed by atoms with Gasteiger partial charge in [0.05, 0.1) is 0 Å². The molecule has 0 saturated heterocycles. The van der Waals surface area contributed by atoms with E-state index in [-0.39, 0.29) is 5.82 Å². The molecule has 3 heteroatoms.